The third-order valence-corrected chi connectivity index (χ3v) is 3.51. The van der Waals surface area contributed by atoms with Gasteiger partial charge in [-0.2, -0.15) is 0 Å². The number of carbonyl (C=O) groups is 1. The Kier molecular flexibility index (Phi) is 3.83. The molecule has 0 saturated heterocycles. The molecule has 2 rings (SSSR count). The lowest BCUT2D eigenvalue weighted by Crippen LogP contribution is -2.09. The van der Waals surface area contributed by atoms with Crippen LogP contribution in [-0.4, -0.2) is 31.8 Å². The summed E-state index contributed by atoms with van der Waals surface area (Å²) in [5.41, 5.74) is 1.83. The fourth-order valence-electron chi connectivity index (χ4n) is 2.21. The van der Waals surface area contributed by atoms with Crippen molar-refractivity contribution in [2.75, 3.05) is 26.1 Å². The monoisotopic (exact) mass is 265 g/mol. The smallest absolute Gasteiger partial charge is 0.306 e. The quantitative estimate of drug-likeness (QED) is 0.825. The molecule has 5 nitrogen and oxygen atoms in total. The number of benzene rings is 1. The molecule has 1 aromatic carbocycles. The van der Waals surface area contributed by atoms with Crippen LogP contribution in [0.25, 0.3) is 0 Å². The molecular formula is C14H19NO4. The Bertz CT molecular complexity index is 487. The van der Waals surface area contributed by atoms with Gasteiger partial charge < -0.3 is 19.9 Å². The summed E-state index contributed by atoms with van der Waals surface area (Å²) in [6.45, 7) is 2.59. The molecule has 2 unspecified atom stereocenters. The molecule has 0 bridgehead atoms. The summed E-state index contributed by atoms with van der Waals surface area (Å²) in [5.74, 6) is 0.820. The molecule has 1 aromatic rings. The molecule has 19 heavy (non-hydrogen) atoms. The number of anilines is 1. The number of hydrogen-bond donors (Lipinski definition) is 2. The number of carboxylic acids is 1. The van der Waals surface area contributed by atoms with Gasteiger partial charge in [0.15, 0.2) is 0 Å². The van der Waals surface area contributed by atoms with Gasteiger partial charge in [0, 0.05) is 12.6 Å². The lowest BCUT2D eigenvalue weighted by atomic mass is 10.1. The van der Waals surface area contributed by atoms with Crippen LogP contribution in [0.4, 0.5) is 5.69 Å². The highest BCUT2D eigenvalue weighted by molar-refractivity contribution is 5.73. The van der Waals surface area contributed by atoms with Crippen LogP contribution in [0.1, 0.15) is 12.0 Å². The van der Waals surface area contributed by atoms with E-state index in [9.17, 15) is 4.79 Å². The van der Waals surface area contributed by atoms with Gasteiger partial charge in [0.1, 0.15) is 11.5 Å². The first-order valence-electron chi connectivity index (χ1n) is 6.26. The van der Waals surface area contributed by atoms with Gasteiger partial charge >= 0.3 is 5.97 Å². The number of carboxylic acid groups (broad SMARTS) is 1. The van der Waals surface area contributed by atoms with Crippen molar-refractivity contribution in [1.29, 1.82) is 0 Å². The molecule has 1 saturated carbocycles. The molecule has 0 amide bonds. The van der Waals surface area contributed by atoms with E-state index in [1.165, 1.54) is 0 Å². The van der Waals surface area contributed by atoms with Crippen molar-refractivity contribution in [2.24, 2.45) is 11.8 Å². The summed E-state index contributed by atoms with van der Waals surface area (Å²) in [5, 5.41) is 12.1. The second-order valence-electron chi connectivity index (χ2n) is 4.84. The second-order valence-corrected chi connectivity index (χ2v) is 4.84. The first-order chi connectivity index (χ1) is 9.06. The zero-order valence-corrected chi connectivity index (χ0v) is 11.4. The Balaban J connectivity index is 2.05. The normalized spacial score (nSPS) is 20.8. The molecule has 1 aliphatic carbocycles. The molecule has 0 aromatic heterocycles. The maximum atomic E-state index is 10.8. The van der Waals surface area contributed by atoms with E-state index in [0.29, 0.717) is 6.54 Å². The van der Waals surface area contributed by atoms with Crippen molar-refractivity contribution in [3.63, 3.8) is 0 Å². The molecule has 2 atom stereocenters. The highest BCUT2D eigenvalue weighted by Gasteiger charge is 2.42. The van der Waals surface area contributed by atoms with Gasteiger partial charge in [-0.3, -0.25) is 4.79 Å². The maximum Gasteiger partial charge on any atom is 0.306 e. The molecule has 5 heteroatoms. The van der Waals surface area contributed by atoms with E-state index < -0.39 is 5.97 Å². The van der Waals surface area contributed by atoms with E-state index in [4.69, 9.17) is 14.6 Å². The third-order valence-electron chi connectivity index (χ3n) is 3.51. The van der Waals surface area contributed by atoms with Crippen molar-refractivity contribution < 1.29 is 19.4 Å². The number of aryl methyl sites for hydroxylation is 1. The van der Waals surface area contributed by atoms with E-state index in [1.807, 2.05) is 19.1 Å². The van der Waals surface area contributed by atoms with Gasteiger partial charge in [-0.05, 0) is 30.9 Å². The van der Waals surface area contributed by atoms with Crippen LogP contribution >= 0.6 is 0 Å². The summed E-state index contributed by atoms with van der Waals surface area (Å²) in [6.07, 6.45) is 0.744. The molecule has 2 N–H and O–H groups in total. The second kappa shape index (κ2) is 5.38. The van der Waals surface area contributed by atoms with Crippen LogP contribution in [0.2, 0.25) is 0 Å². The van der Waals surface area contributed by atoms with Crippen LogP contribution in [0.5, 0.6) is 11.5 Å². The number of aliphatic carboxylic acids is 1. The van der Waals surface area contributed by atoms with Crippen LogP contribution in [-0.2, 0) is 4.79 Å². The summed E-state index contributed by atoms with van der Waals surface area (Å²) >= 11 is 0. The summed E-state index contributed by atoms with van der Waals surface area (Å²) in [4.78, 5) is 10.8. The van der Waals surface area contributed by atoms with Gasteiger partial charge in [0.25, 0.3) is 0 Å². The van der Waals surface area contributed by atoms with Gasteiger partial charge in [-0.1, -0.05) is 0 Å². The lowest BCUT2D eigenvalue weighted by molar-refractivity contribution is -0.138. The lowest BCUT2D eigenvalue weighted by Gasteiger charge is -2.14. The molecule has 1 aliphatic rings. The van der Waals surface area contributed by atoms with E-state index in [1.54, 1.807) is 14.2 Å². The molecular weight excluding hydrogens is 246 g/mol. The van der Waals surface area contributed by atoms with E-state index in [0.717, 1.165) is 29.2 Å². The first kappa shape index (κ1) is 13.5. The fourth-order valence-corrected chi connectivity index (χ4v) is 2.21. The van der Waals surface area contributed by atoms with E-state index in [-0.39, 0.29) is 11.8 Å². The largest absolute Gasteiger partial charge is 0.496 e. The summed E-state index contributed by atoms with van der Waals surface area (Å²) in [7, 11) is 3.24. The molecule has 1 fully saturated rings. The Morgan fingerprint density at radius 1 is 1.37 bits per heavy atom. The molecule has 0 heterocycles. The Labute approximate surface area is 112 Å². The minimum Gasteiger partial charge on any atom is -0.496 e. The van der Waals surface area contributed by atoms with Crippen molar-refractivity contribution in [3.05, 3.63) is 17.7 Å². The maximum absolute atomic E-state index is 10.8. The summed E-state index contributed by atoms with van der Waals surface area (Å²) < 4.78 is 10.6. The van der Waals surface area contributed by atoms with Crippen molar-refractivity contribution in [3.8, 4) is 11.5 Å². The summed E-state index contributed by atoms with van der Waals surface area (Å²) in [6, 6.07) is 3.79. The average molecular weight is 265 g/mol. The number of hydrogen-bond acceptors (Lipinski definition) is 4. The molecule has 0 radical (unpaired) electrons. The third kappa shape index (κ3) is 2.92. The van der Waals surface area contributed by atoms with E-state index >= 15 is 0 Å². The van der Waals surface area contributed by atoms with Crippen molar-refractivity contribution in [2.45, 2.75) is 13.3 Å². The Morgan fingerprint density at radius 2 is 2.05 bits per heavy atom. The minimum absolute atomic E-state index is 0.203. The fraction of sp³-hybridized carbons (Fsp3) is 0.500. The SMILES string of the molecule is COc1cc(NCC2CC2C(=O)O)c(OC)cc1C. The Hall–Kier alpha value is -1.91. The number of methoxy groups -OCH3 is 2. The highest BCUT2D eigenvalue weighted by atomic mass is 16.5. The zero-order chi connectivity index (χ0) is 14.0. The molecule has 0 spiro atoms. The predicted molar refractivity (Wildman–Crippen MR) is 72.0 cm³/mol. The molecule has 0 aliphatic heterocycles. The van der Waals surface area contributed by atoms with Crippen LogP contribution in [0.15, 0.2) is 12.1 Å². The van der Waals surface area contributed by atoms with Crippen LogP contribution in [0, 0.1) is 18.8 Å². The predicted octanol–water partition coefficient (Wildman–Crippen LogP) is 2.14. The molecule has 104 valence electrons. The number of rotatable bonds is 6. The zero-order valence-electron chi connectivity index (χ0n) is 11.4. The van der Waals surface area contributed by atoms with Crippen LogP contribution < -0.4 is 14.8 Å². The van der Waals surface area contributed by atoms with Gasteiger partial charge in [-0.25, -0.2) is 0 Å². The Morgan fingerprint density at radius 3 is 2.58 bits per heavy atom. The first-order valence-corrected chi connectivity index (χ1v) is 6.26. The van der Waals surface area contributed by atoms with Gasteiger partial charge in [0.05, 0.1) is 25.8 Å². The number of ether oxygens (including phenoxy) is 2. The average Bonchev–Trinajstić information content (AvgIpc) is 3.16. The standard InChI is InChI=1S/C14H19NO4/c1-8-4-13(19-3)11(6-12(8)18-2)15-7-9-5-10(9)14(16)17/h4,6,9-10,15H,5,7H2,1-3H3,(H,16,17). The topological polar surface area (TPSA) is 67.8 Å². The van der Waals surface area contributed by atoms with Crippen LogP contribution in [0.3, 0.4) is 0 Å². The van der Waals surface area contributed by atoms with Gasteiger partial charge in [0.2, 0.25) is 0 Å². The van der Waals surface area contributed by atoms with Crippen molar-refractivity contribution in [1.82, 2.24) is 0 Å². The van der Waals surface area contributed by atoms with E-state index in [2.05, 4.69) is 5.32 Å². The van der Waals surface area contributed by atoms with Gasteiger partial charge in [-0.15, -0.1) is 0 Å². The highest BCUT2D eigenvalue weighted by Crippen LogP contribution is 2.40. The number of nitrogens with one attached hydrogen (secondary N) is 1. The minimum atomic E-state index is -0.708. The van der Waals surface area contributed by atoms with Crippen molar-refractivity contribution >= 4 is 11.7 Å².